The molecule has 1 aromatic carbocycles. The number of hydrogen-bond acceptors (Lipinski definition) is 2. The molecule has 0 radical (unpaired) electrons. The summed E-state index contributed by atoms with van der Waals surface area (Å²) >= 11 is 0. The first-order valence-electron chi connectivity index (χ1n) is 4.12. The van der Waals surface area contributed by atoms with E-state index in [0.29, 0.717) is 6.07 Å². The van der Waals surface area contributed by atoms with Gasteiger partial charge in [0.15, 0.2) is 0 Å². The molecule has 78 valence electrons. The molecule has 0 aliphatic carbocycles. The van der Waals surface area contributed by atoms with Crippen molar-refractivity contribution in [3.63, 3.8) is 0 Å². The van der Waals surface area contributed by atoms with Gasteiger partial charge in [0.25, 0.3) is 0 Å². The Balaban J connectivity index is 3.09. The number of halogens is 2. The van der Waals surface area contributed by atoms with Gasteiger partial charge in [-0.3, -0.25) is 10.1 Å². The molecule has 3 nitrogen and oxygen atoms in total. The van der Waals surface area contributed by atoms with Crippen molar-refractivity contribution in [3.8, 4) is 12.3 Å². The Kier molecular flexibility index (Phi) is 3.34. The SMILES string of the molecule is C#CCCc1cc(F)c([N+](=O)[O-])cc1F. The molecule has 0 fully saturated rings. The second-order valence-corrected chi connectivity index (χ2v) is 2.86. The minimum absolute atomic E-state index is 0.0519. The van der Waals surface area contributed by atoms with E-state index in [4.69, 9.17) is 6.42 Å². The van der Waals surface area contributed by atoms with Gasteiger partial charge in [0.1, 0.15) is 5.82 Å². The minimum atomic E-state index is -1.05. The summed E-state index contributed by atoms with van der Waals surface area (Å²) in [6, 6.07) is 1.38. The lowest BCUT2D eigenvalue weighted by Crippen LogP contribution is -1.98. The van der Waals surface area contributed by atoms with Gasteiger partial charge in [-0.2, -0.15) is 4.39 Å². The third-order valence-corrected chi connectivity index (χ3v) is 1.85. The Morgan fingerprint density at radius 1 is 1.40 bits per heavy atom. The highest BCUT2D eigenvalue weighted by atomic mass is 19.1. The van der Waals surface area contributed by atoms with Crippen LogP contribution in [0.25, 0.3) is 0 Å². The van der Waals surface area contributed by atoms with E-state index in [1.54, 1.807) is 0 Å². The van der Waals surface area contributed by atoms with Gasteiger partial charge in [-0.15, -0.1) is 12.3 Å². The standard InChI is InChI=1S/C10H7F2NO2/c1-2-3-4-7-5-9(12)10(13(14)15)6-8(7)11/h1,5-6H,3-4H2. The van der Waals surface area contributed by atoms with E-state index in [1.165, 1.54) is 0 Å². The number of benzene rings is 1. The molecule has 1 aromatic rings. The van der Waals surface area contributed by atoms with Gasteiger partial charge in [0, 0.05) is 6.42 Å². The van der Waals surface area contributed by atoms with Crippen LogP contribution in [-0.2, 0) is 6.42 Å². The highest BCUT2D eigenvalue weighted by Gasteiger charge is 2.17. The third-order valence-electron chi connectivity index (χ3n) is 1.85. The number of nitrogens with zero attached hydrogens (tertiary/aromatic N) is 1. The topological polar surface area (TPSA) is 43.1 Å². The van der Waals surface area contributed by atoms with Crippen molar-refractivity contribution < 1.29 is 13.7 Å². The molecule has 15 heavy (non-hydrogen) atoms. The molecule has 0 saturated heterocycles. The van der Waals surface area contributed by atoms with Gasteiger partial charge in [0.05, 0.1) is 11.0 Å². The van der Waals surface area contributed by atoms with Gasteiger partial charge in [-0.25, -0.2) is 4.39 Å². The van der Waals surface area contributed by atoms with Crippen molar-refractivity contribution in [1.29, 1.82) is 0 Å². The van der Waals surface area contributed by atoms with Crippen molar-refractivity contribution in [2.45, 2.75) is 12.8 Å². The van der Waals surface area contributed by atoms with E-state index < -0.39 is 22.2 Å². The lowest BCUT2D eigenvalue weighted by molar-refractivity contribution is -0.387. The summed E-state index contributed by atoms with van der Waals surface area (Å²) in [5, 5.41) is 10.3. The molecule has 0 N–H and O–H groups in total. The summed E-state index contributed by atoms with van der Waals surface area (Å²) in [5.41, 5.74) is -0.812. The number of nitro benzene ring substituents is 1. The summed E-state index contributed by atoms with van der Waals surface area (Å²) < 4.78 is 26.2. The lowest BCUT2D eigenvalue weighted by Gasteiger charge is -2.01. The largest absolute Gasteiger partial charge is 0.307 e. The van der Waals surface area contributed by atoms with Crippen LogP contribution in [0.5, 0.6) is 0 Å². The van der Waals surface area contributed by atoms with Gasteiger partial charge < -0.3 is 0 Å². The maximum Gasteiger partial charge on any atom is 0.307 e. The predicted octanol–water partition coefficient (Wildman–Crippen LogP) is 2.44. The number of terminal acetylenes is 1. The molecule has 0 spiro atoms. The quantitative estimate of drug-likeness (QED) is 0.437. The molecule has 0 aromatic heterocycles. The average Bonchev–Trinajstić information content (AvgIpc) is 2.18. The van der Waals surface area contributed by atoms with Crippen LogP contribution in [0.15, 0.2) is 12.1 Å². The van der Waals surface area contributed by atoms with E-state index in [0.717, 1.165) is 6.07 Å². The highest BCUT2D eigenvalue weighted by molar-refractivity contribution is 5.36. The fraction of sp³-hybridized carbons (Fsp3) is 0.200. The summed E-state index contributed by atoms with van der Waals surface area (Å²) in [5.74, 6) is 0.422. The minimum Gasteiger partial charge on any atom is -0.258 e. The first-order chi connectivity index (χ1) is 7.06. The van der Waals surface area contributed by atoms with Crippen LogP contribution in [0.3, 0.4) is 0 Å². The number of hydrogen-bond donors (Lipinski definition) is 0. The maximum atomic E-state index is 13.2. The van der Waals surface area contributed by atoms with Crippen LogP contribution in [0.1, 0.15) is 12.0 Å². The molecule has 0 aliphatic heterocycles. The predicted molar refractivity (Wildman–Crippen MR) is 50.2 cm³/mol. The van der Waals surface area contributed by atoms with Crippen LogP contribution in [0.2, 0.25) is 0 Å². The number of aryl methyl sites for hydroxylation is 1. The third kappa shape index (κ3) is 2.50. The van der Waals surface area contributed by atoms with Crippen molar-refractivity contribution in [1.82, 2.24) is 0 Å². The van der Waals surface area contributed by atoms with E-state index >= 15 is 0 Å². The van der Waals surface area contributed by atoms with Crippen molar-refractivity contribution in [3.05, 3.63) is 39.4 Å². The molecule has 0 saturated carbocycles. The molecule has 0 bridgehead atoms. The van der Waals surface area contributed by atoms with E-state index in [9.17, 15) is 18.9 Å². The van der Waals surface area contributed by atoms with Crippen molar-refractivity contribution >= 4 is 5.69 Å². The van der Waals surface area contributed by atoms with E-state index in [1.807, 2.05) is 0 Å². The zero-order valence-electron chi connectivity index (χ0n) is 7.67. The van der Waals surface area contributed by atoms with E-state index in [2.05, 4.69) is 5.92 Å². The second kappa shape index (κ2) is 4.51. The summed E-state index contributed by atoms with van der Waals surface area (Å²) in [6.07, 6.45) is 5.39. The molecule has 5 heteroatoms. The average molecular weight is 211 g/mol. The van der Waals surface area contributed by atoms with Gasteiger partial charge >= 0.3 is 5.69 Å². The van der Waals surface area contributed by atoms with Gasteiger partial charge in [-0.1, -0.05) is 0 Å². The zero-order valence-corrected chi connectivity index (χ0v) is 7.67. The van der Waals surface area contributed by atoms with Crippen LogP contribution >= 0.6 is 0 Å². The lowest BCUT2D eigenvalue weighted by atomic mass is 10.1. The second-order valence-electron chi connectivity index (χ2n) is 2.86. The fourth-order valence-electron chi connectivity index (χ4n) is 1.12. The molecular formula is C10H7F2NO2. The molecule has 0 aliphatic rings. The number of rotatable bonds is 3. The molecule has 0 heterocycles. The smallest absolute Gasteiger partial charge is 0.258 e. The first kappa shape index (κ1) is 11.1. The van der Waals surface area contributed by atoms with Crippen LogP contribution < -0.4 is 0 Å². The molecule has 0 unspecified atom stereocenters. The Labute approximate surface area is 84.9 Å². The van der Waals surface area contributed by atoms with Crippen LogP contribution in [0.4, 0.5) is 14.5 Å². The molecule has 1 rings (SSSR count). The molecular weight excluding hydrogens is 204 g/mol. The van der Waals surface area contributed by atoms with Gasteiger partial charge in [-0.05, 0) is 18.1 Å². The van der Waals surface area contributed by atoms with Crippen molar-refractivity contribution in [2.24, 2.45) is 0 Å². The van der Waals surface area contributed by atoms with E-state index in [-0.39, 0.29) is 18.4 Å². The zero-order chi connectivity index (χ0) is 11.4. The normalized spacial score (nSPS) is 9.67. The van der Waals surface area contributed by atoms with Crippen molar-refractivity contribution in [2.75, 3.05) is 0 Å². The molecule has 0 atom stereocenters. The fourth-order valence-corrected chi connectivity index (χ4v) is 1.12. The molecule has 0 amide bonds. The Morgan fingerprint density at radius 2 is 2.07 bits per heavy atom. The number of nitro groups is 1. The Hall–Kier alpha value is -1.96. The maximum absolute atomic E-state index is 13.2. The Morgan fingerprint density at radius 3 is 2.60 bits per heavy atom. The van der Waals surface area contributed by atoms with Gasteiger partial charge in [0.2, 0.25) is 5.82 Å². The first-order valence-corrected chi connectivity index (χ1v) is 4.12. The van der Waals surface area contributed by atoms with Crippen LogP contribution in [0, 0.1) is 34.1 Å². The summed E-state index contributed by atoms with van der Waals surface area (Å²) in [6.45, 7) is 0. The summed E-state index contributed by atoms with van der Waals surface area (Å²) in [4.78, 5) is 9.30. The summed E-state index contributed by atoms with van der Waals surface area (Å²) in [7, 11) is 0. The monoisotopic (exact) mass is 211 g/mol. The van der Waals surface area contributed by atoms with Crippen LogP contribution in [-0.4, -0.2) is 4.92 Å². The Bertz CT molecular complexity index is 438. The highest BCUT2D eigenvalue weighted by Crippen LogP contribution is 2.22.